The van der Waals surface area contributed by atoms with E-state index in [-0.39, 0.29) is 0 Å². The molecular weight excluding hydrogens is 192 g/mol. The van der Waals surface area contributed by atoms with Crippen molar-refractivity contribution in [2.75, 3.05) is 0 Å². The van der Waals surface area contributed by atoms with E-state index >= 15 is 0 Å². The summed E-state index contributed by atoms with van der Waals surface area (Å²) < 4.78 is 0. The standard InChI is InChI=1S/C16H24/c1-13-8-10-15(11-9-13)12-14(2)16-6-4-3-5-7-16/h3-7,13-15H,8-12H2,1-2H3. The Morgan fingerprint density at radius 3 is 2.31 bits per heavy atom. The van der Waals surface area contributed by atoms with Crippen LogP contribution in [0.2, 0.25) is 0 Å². The van der Waals surface area contributed by atoms with Crippen molar-refractivity contribution in [3.8, 4) is 0 Å². The van der Waals surface area contributed by atoms with Crippen LogP contribution in [0, 0.1) is 11.8 Å². The van der Waals surface area contributed by atoms with E-state index in [1.807, 2.05) is 0 Å². The molecule has 0 bridgehead atoms. The third-order valence-electron chi connectivity index (χ3n) is 4.19. The Balaban J connectivity index is 1.86. The van der Waals surface area contributed by atoms with E-state index in [1.54, 1.807) is 0 Å². The lowest BCUT2D eigenvalue weighted by atomic mass is 9.78. The van der Waals surface area contributed by atoms with Crippen molar-refractivity contribution in [3.05, 3.63) is 35.9 Å². The molecule has 0 amide bonds. The average Bonchev–Trinajstić information content (AvgIpc) is 2.33. The van der Waals surface area contributed by atoms with Crippen molar-refractivity contribution in [1.29, 1.82) is 0 Å². The van der Waals surface area contributed by atoms with Crippen LogP contribution in [0.25, 0.3) is 0 Å². The van der Waals surface area contributed by atoms with Gasteiger partial charge in [0.1, 0.15) is 0 Å². The zero-order chi connectivity index (χ0) is 11.4. The molecular formula is C16H24. The Kier molecular flexibility index (Phi) is 4.04. The molecule has 0 N–H and O–H groups in total. The van der Waals surface area contributed by atoms with Gasteiger partial charge in [0.05, 0.1) is 0 Å². The fourth-order valence-corrected chi connectivity index (χ4v) is 2.98. The van der Waals surface area contributed by atoms with Crippen molar-refractivity contribution in [1.82, 2.24) is 0 Å². The summed E-state index contributed by atoms with van der Waals surface area (Å²) in [5.41, 5.74) is 1.51. The maximum Gasteiger partial charge on any atom is -0.0188 e. The fourth-order valence-electron chi connectivity index (χ4n) is 2.98. The molecule has 1 aliphatic carbocycles. The molecule has 0 radical (unpaired) electrons. The molecule has 1 aromatic rings. The molecule has 0 heteroatoms. The zero-order valence-corrected chi connectivity index (χ0v) is 10.7. The van der Waals surface area contributed by atoms with Gasteiger partial charge >= 0.3 is 0 Å². The summed E-state index contributed by atoms with van der Waals surface area (Å²) in [6.07, 6.45) is 7.20. The number of rotatable bonds is 3. The Morgan fingerprint density at radius 1 is 1.06 bits per heavy atom. The van der Waals surface area contributed by atoms with E-state index in [4.69, 9.17) is 0 Å². The molecule has 0 saturated heterocycles. The van der Waals surface area contributed by atoms with Crippen molar-refractivity contribution in [2.24, 2.45) is 11.8 Å². The third-order valence-corrected chi connectivity index (χ3v) is 4.19. The first kappa shape index (κ1) is 11.7. The van der Waals surface area contributed by atoms with E-state index in [0.717, 1.165) is 17.8 Å². The Morgan fingerprint density at radius 2 is 1.69 bits per heavy atom. The van der Waals surface area contributed by atoms with Gasteiger partial charge in [-0.25, -0.2) is 0 Å². The Bertz CT molecular complexity index is 293. The van der Waals surface area contributed by atoms with Gasteiger partial charge in [0.25, 0.3) is 0 Å². The number of benzene rings is 1. The largest absolute Gasteiger partial charge is 0.0625 e. The predicted molar refractivity (Wildman–Crippen MR) is 70.6 cm³/mol. The molecule has 0 aliphatic heterocycles. The van der Waals surface area contributed by atoms with Gasteiger partial charge in [-0.1, -0.05) is 69.9 Å². The predicted octanol–water partition coefficient (Wildman–Crippen LogP) is 5.01. The molecule has 1 aromatic carbocycles. The molecule has 0 heterocycles. The minimum atomic E-state index is 0.736. The molecule has 2 rings (SSSR count). The van der Waals surface area contributed by atoms with Gasteiger partial charge in [0.15, 0.2) is 0 Å². The van der Waals surface area contributed by atoms with Gasteiger partial charge in [-0.15, -0.1) is 0 Å². The van der Waals surface area contributed by atoms with E-state index < -0.39 is 0 Å². The highest BCUT2D eigenvalue weighted by Crippen LogP contribution is 2.34. The summed E-state index contributed by atoms with van der Waals surface area (Å²) in [6, 6.07) is 11.0. The van der Waals surface area contributed by atoms with Crippen molar-refractivity contribution < 1.29 is 0 Å². The fraction of sp³-hybridized carbons (Fsp3) is 0.625. The molecule has 1 saturated carbocycles. The van der Waals surface area contributed by atoms with Gasteiger partial charge in [-0.05, 0) is 29.7 Å². The summed E-state index contributed by atoms with van der Waals surface area (Å²) >= 11 is 0. The minimum Gasteiger partial charge on any atom is -0.0625 e. The summed E-state index contributed by atoms with van der Waals surface area (Å²) in [7, 11) is 0. The van der Waals surface area contributed by atoms with E-state index in [0.29, 0.717) is 0 Å². The molecule has 1 aliphatic rings. The number of hydrogen-bond donors (Lipinski definition) is 0. The molecule has 0 aromatic heterocycles. The van der Waals surface area contributed by atoms with Gasteiger partial charge in [0.2, 0.25) is 0 Å². The smallest absolute Gasteiger partial charge is 0.0188 e. The molecule has 88 valence electrons. The van der Waals surface area contributed by atoms with Gasteiger partial charge in [-0.2, -0.15) is 0 Å². The molecule has 1 fully saturated rings. The van der Waals surface area contributed by atoms with Gasteiger partial charge in [-0.3, -0.25) is 0 Å². The second-order valence-electron chi connectivity index (χ2n) is 5.67. The first-order chi connectivity index (χ1) is 7.75. The van der Waals surface area contributed by atoms with Crippen molar-refractivity contribution in [3.63, 3.8) is 0 Å². The topological polar surface area (TPSA) is 0 Å². The van der Waals surface area contributed by atoms with Crippen LogP contribution in [0.1, 0.15) is 57.4 Å². The lowest BCUT2D eigenvalue weighted by molar-refractivity contribution is 0.267. The second kappa shape index (κ2) is 5.52. The average molecular weight is 216 g/mol. The maximum atomic E-state index is 2.40. The zero-order valence-electron chi connectivity index (χ0n) is 10.7. The highest BCUT2D eigenvalue weighted by molar-refractivity contribution is 5.18. The molecule has 1 atom stereocenters. The molecule has 0 nitrogen and oxygen atoms in total. The highest BCUT2D eigenvalue weighted by Gasteiger charge is 2.20. The quantitative estimate of drug-likeness (QED) is 0.666. The Labute approximate surface area is 100 Å². The summed E-state index contributed by atoms with van der Waals surface area (Å²) in [6.45, 7) is 4.78. The van der Waals surface area contributed by atoms with Crippen LogP contribution in [0.5, 0.6) is 0 Å². The van der Waals surface area contributed by atoms with Crippen LogP contribution in [-0.4, -0.2) is 0 Å². The van der Waals surface area contributed by atoms with E-state index in [1.165, 1.54) is 37.7 Å². The summed E-state index contributed by atoms with van der Waals surface area (Å²) in [5.74, 6) is 2.69. The van der Waals surface area contributed by atoms with Crippen LogP contribution in [-0.2, 0) is 0 Å². The third kappa shape index (κ3) is 3.10. The van der Waals surface area contributed by atoms with E-state index in [2.05, 4.69) is 44.2 Å². The van der Waals surface area contributed by atoms with Crippen molar-refractivity contribution in [2.45, 2.75) is 51.9 Å². The lowest BCUT2D eigenvalue weighted by Gasteiger charge is -2.28. The summed E-state index contributed by atoms with van der Waals surface area (Å²) in [4.78, 5) is 0. The van der Waals surface area contributed by atoms with Gasteiger partial charge in [0, 0.05) is 0 Å². The monoisotopic (exact) mass is 216 g/mol. The lowest BCUT2D eigenvalue weighted by Crippen LogP contribution is -2.14. The van der Waals surface area contributed by atoms with Crippen LogP contribution >= 0.6 is 0 Å². The minimum absolute atomic E-state index is 0.736. The van der Waals surface area contributed by atoms with Crippen LogP contribution < -0.4 is 0 Å². The van der Waals surface area contributed by atoms with Crippen molar-refractivity contribution >= 4 is 0 Å². The van der Waals surface area contributed by atoms with Crippen LogP contribution in [0.15, 0.2) is 30.3 Å². The van der Waals surface area contributed by atoms with Crippen LogP contribution in [0.3, 0.4) is 0 Å². The maximum absolute atomic E-state index is 2.40. The Hall–Kier alpha value is -0.780. The first-order valence-electron chi connectivity index (χ1n) is 6.80. The number of hydrogen-bond acceptors (Lipinski definition) is 0. The van der Waals surface area contributed by atoms with Crippen LogP contribution in [0.4, 0.5) is 0 Å². The first-order valence-corrected chi connectivity index (χ1v) is 6.80. The van der Waals surface area contributed by atoms with E-state index in [9.17, 15) is 0 Å². The SMILES string of the molecule is CC1CCC(CC(C)c2ccccc2)CC1. The normalized spacial score (nSPS) is 27.6. The molecule has 16 heavy (non-hydrogen) atoms. The highest BCUT2D eigenvalue weighted by atomic mass is 14.3. The molecule has 0 spiro atoms. The molecule has 1 unspecified atom stereocenters. The second-order valence-corrected chi connectivity index (χ2v) is 5.67. The summed E-state index contributed by atoms with van der Waals surface area (Å²) in [5, 5.41) is 0. The van der Waals surface area contributed by atoms with Gasteiger partial charge < -0.3 is 0 Å².